The number of aromatic nitrogens is 1. The molecule has 0 amide bonds. The van der Waals surface area contributed by atoms with Gasteiger partial charge in [0.15, 0.2) is 0 Å². The Morgan fingerprint density at radius 3 is 2.58 bits per heavy atom. The van der Waals surface area contributed by atoms with E-state index in [4.69, 9.17) is 0 Å². The number of aromatic amines is 1. The molecule has 0 bridgehead atoms. The molecule has 0 radical (unpaired) electrons. The van der Waals surface area contributed by atoms with E-state index in [1.54, 1.807) is 27.6 Å². The van der Waals surface area contributed by atoms with Crippen LogP contribution in [0, 0.1) is 9.39 Å². The van der Waals surface area contributed by atoms with Crippen LogP contribution in [0.1, 0.15) is 12.1 Å². The second-order valence-electron chi connectivity index (χ2n) is 2.01. The van der Waals surface area contributed by atoms with Crippen LogP contribution in [-0.2, 0) is 0 Å². The Labute approximate surface area is 78.9 Å². The number of halogens is 4. The highest BCUT2D eigenvalue weighted by Gasteiger charge is 2.15. The first-order valence-electron chi connectivity index (χ1n) is 2.88. The maximum absolute atomic E-state index is 12.6. The van der Waals surface area contributed by atoms with Gasteiger partial charge in [-0.05, 0) is 28.7 Å². The molecule has 1 aromatic rings. The maximum atomic E-state index is 12.6. The second-order valence-corrected chi connectivity index (χ2v) is 3.17. The summed E-state index contributed by atoms with van der Waals surface area (Å²) in [5.41, 5.74) is -1.66. The van der Waals surface area contributed by atoms with Gasteiger partial charge in [-0.3, -0.25) is 4.79 Å². The van der Waals surface area contributed by atoms with Crippen molar-refractivity contribution in [1.82, 2.24) is 4.98 Å². The number of nitrogens with one attached hydrogen (secondary N) is 1. The van der Waals surface area contributed by atoms with E-state index in [-0.39, 0.29) is 3.57 Å². The number of H-pyrrole nitrogens is 1. The largest absolute Gasteiger partial charge is 0.318 e. The molecule has 0 saturated heterocycles. The Balaban J connectivity index is 3.33. The van der Waals surface area contributed by atoms with Crippen molar-refractivity contribution in [1.29, 1.82) is 0 Å². The van der Waals surface area contributed by atoms with E-state index in [9.17, 15) is 18.0 Å². The van der Waals surface area contributed by atoms with Gasteiger partial charge in [-0.15, -0.1) is 0 Å². The van der Waals surface area contributed by atoms with Gasteiger partial charge >= 0.3 is 0 Å². The summed E-state index contributed by atoms with van der Waals surface area (Å²) >= 11 is 1.56. The normalized spacial score (nSPS) is 10.8. The third-order valence-corrected chi connectivity index (χ3v) is 2.00. The van der Waals surface area contributed by atoms with E-state index in [1.807, 2.05) is 0 Å². The van der Waals surface area contributed by atoms with Gasteiger partial charge in [0, 0.05) is 0 Å². The fourth-order valence-electron chi connectivity index (χ4n) is 0.655. The van der Waals surface area contributed by atoms with Gasteiger partial charge < -0.3 is 4.98 Å². The fraction of sp³-hybridized carbons (Fsp3) is 0.167. The molecule has 0 aliphatic heterocycles. The summed E-state index contributed by atoms with van der Waals surface area (Å²) in [6, 6.07) is 0.779. The van der Waals surface area contributed by atoms with E-state index in [0.29, 0.717) is 0 Å². The molecule has 12 heavy (non-hydrogen) atoms. The van der Waals surface area contributed by atoms with Crippen molar-refractivity contribution in [3.8, 4) is 0 Å². The molecule has 0 aliphatic carbocycles. The SMILES string of the molecule is O=c1[nH]c(C(F)F)c(F)cc1I. The molecule has 0 atom stereocenters. The molecule has 1 aromatic heterocycles. The van der Waals surface area contributed by atoms with Gasteiger partial charge in [0.2, 0.25) is 0 Å². The molecular weight excluding hydrogens is 286 g/mol. The van der Waals surface area contributed by atoms with E-state index in [2.05, 4.69) is 0 Å². The van der Waals surface area contributed by atoms with Crippen molar-refractivity contribution in [3.05, 3.63) is 31.5 Å². The Morgan fingerprint density at radius 1 is 1.50 bits per heavy atom. The zero-order chi connectivity index (χ0) is 9.30. The smallest absolute Gasteiger partial charge is 0.281 e. The van der Waals surface area contributed by atoms with E-state index >= 15 is 0 Å². The highest BCUT2D eigenvalue weighted by atomic mass is 127. The van der Waals surface area contributed by atoms with Crippen LogP contribution < -0.4 is 5.56 Å². The number of hydrogen-bond donors (Lipinski definition) is 1. The summed E-state index contributed by atoms with van der Waals surface area (Å²) in [5.74, 6) is -1.09. The predicted octanol–water partition coefficient (Wildman–Crippen LogP) is 2.06. The van der Waals surface area contributed by atoms with Gasteiger partial charge in [0.05, 0.1) is 3.57 Å². The molecule has 6 heteroatoms. The third-order valence-electron chi connectivity index (χ3n) is 1.19. The summed E-state index contributed by atoms with van der Waals surface area (Å²) in [6.45, 7) is 0. The van der Waals surface area contributed by atoms with E-state index in [0.717, 1.165) is 6.07 Å². The summed E-state index contributed by atoms with van der Waals surface area (Å²) in [4.78, 5) is 12.5. The fourth-order valence-corrected chi connectivity index (χ4v) is 1.06. The van der Waals surface area contributed by atoms with Gasteiger partial charge in [-0.1, -0.05) is 0 Å². The Morgan fingerprint density at radius 2 is 2.08 bits per heavy atom. The number of hydrogen-bond acceptors (Lipinski definition) is 1. The lowest BCUT2D eigenvalue weighted by Gasteiger charge is -2.00. The first-order valence-corrected chi connectivity index (χ1v) is 3.96. The van der Waals surface area contributed by atoms with Gasteiger partial charge in [-0.25, -0.2) is 13.2 Å². The van der Waals surface area contributed by atoms with Crippen LogP contribution in [0.2, 0.25) is 0 Å². The van der Waals surface area contributed by atoms with Gasteiger partial charge in [-0.2, -0.15) is 0 Å². The molecule has 0 spiro atoms. The Kier molecular flexibility index (Phi) is 2.76. The monoisotopic (exact) mass is 289 g/mol. The van der Waals surface area contributed by atoms with Crippen molar-refractivity contribution in [3.63, 3.8) is 0 Å². The molecule has 0 unspecified atom stereocenters. The maximum Gasteiger partial charge on any atom is 0.281 e. The van der Waals surface area contributed by atoms with Gasteiger partial charge in [0.25, 0.3) is 12.0 Å². The molecule has 0 aliphatic rings. The Hall–Kier alpha value is -0.530. The topological polar surface area (TPSA) is 32.9 Å². The molecule has 2 nitrogen and oxygen atoms in total. The summed E-state index contributed by atoms with van der Waals surface area (Å²) in [5, 5.41) is 0. The molecule has 0 fully saturated rings. The average Bonchev–Trinajstić information content (AvgIpc) is 1.96. The Bertz CT molecular complexity index is 349. The van der Waals surface area contributed by atoms with Crippen LogP contribution in [0.25, 0.3) is 0 Å². The van der Waals surface area contributed by atoms with Crippen LogP contribution in [0.15, 0.2) is 10.9 Å². The van der Waals surface area contributed by atoms with Crippen LogP contribution in [0.4, 0.5) is 13.2 Å². The minimum atomic E-state index is -2.99. The second kappa shape index (κ2) is 3.46. The number of pyridine rings is 1. The van der Waals surface area contributed by atoms with Crippen molar-refractivity contribution in [2.75, 3.05) is 0 Å². The quantitative estimate of drug-likeness (QED) is 0.789. The first-order chi connectivity index (χ1) is 5.52. The number of alkyl halides is 2. The van der Waals surface area contributed by atoms with Crippen molar-refractivity contribution >= 4 is 22.6 Å². The van der Waals surface area contributed by atoms with Crippen LogP contribution in [0.5, 0.6) is 0 Å². The molecule has 0 saturated carbocycles. The highest BCUT2D eigenvalue weighted by molar-refractivity contribution is 14.1. The van der Waals surface area contributed by atoms with E-state index < -0.39 is 23.5 Å². The number of rotatable bonds is 1. The highest BCUT2D eigenvalue weighted by Crippen LogP contribution is 2.18. The van der Waals surface area contributed by atoms with Crippen molar-refractivity contribution in [2.45, 2.75) is 6.43 Å². The lowest BCUT2D eigenvalue weighted by Crippen LogP contribution is -2.14. The molecule has 1 rings (SSSR count). The average molecular weight is 289 g/mol. The van der Waals surface area contributed by atoms with Crippen LogP contribution >= 0.6 is 22.6 Å². The third kappa shape index (κ3) is 1.79. The van der Waals surface area contributed by atoms with Crippen molar-refractivity contribution in [2.24, 2.45) is 0 Å². The first kappa shape index (κ1) is 9.56. The molecule has 66 valence electrons. The van der Waals surface area contributed by atoms with Crippen LogP contribution in [-0.4, -0.2) is 4.98 Å². The standard InChI is InChI=1S/C6H3F3INO/c7-2-1-3(10)6(12)11-4(2)5(8)9/h1,5H,(H,11,12). The molecule has 1 heterocycles. The zero-order valence-corrected chi connectivity index (χ0v) is 7.73. The van der Waals surface area contributed by atoms with Crippen molar-refractivity contribution < 1.29 is 13.2 Å². The minimum absolute atomic E-state index is 0.0505. The summed E-state index contributed by atoms with van der Waals surface area (Å²) < 4.78 is 36.5. The van der Waals surface area contributed by atoms with Crippen LogP contribution in [0.3, 0.4) is 0 Å². The molecular formula is C6H3F3INO. The molecule has 1 N–H and O–H groups in total. The predicted molar refractivity (Wildman–Crippen MR) is 44.7 cm³/mol. The lowest BCUT2D eigenvalue weighted by molar-refractivity contribution is 0.140. The van der Waals surface area contributed by atoms with E-state index in [1.165, 1.54) is 0 Å². The lowest BCUT2D eigenvalue weighted by atomic mass is 10.3. The zero-order valence-electron chi connectivity index (χ0n) is 5.57. The summed E-state index contributed by atoms with van der Waals surface area (Å²) in [7, 11) is 0. The molecule has 0 aromatic carbocycles. The van der Waals surface area contributed by atoms with Gasteiger partial charge in [0.1, 0.15) is 11.5 Å². The summed E-state index contributed by atoms with van der Waals surface area (Å²) in [6.07, 6.45) is -2.99. The minimum Gasteiger partial charge on any atom is -0.318 e.